The number of phenols is 1. The molecule has 0 amide bonds. The molecular weight excluding hydrogens is 282 g/mol. The maximum absolute atomic E-state index is 12.2. The van der Waals surface area contributed by atoms with Crippen molar-refractivity contribution >= 4 is 23.4 Å². The van der Waals surface area contributed by atoms with Crippen molar-refractivity contribution in [3.05, 3.63) is 59.7 Å². The van der Waals surface area contributed by atoms with E-state index in [0.29, 0.717) is 16.8 Å². The first-order valence-electron chi connectivity index (χ1n) is 6.33. The molecule has 2 aromatic rings. The molecule has 0 saturated carbocycles. The lowest BCUT2D eigenvalue weighted by Crippen LogP contribution is -2.26. The van der Waals surface area contributed by atoms with Gasteiger partial charge in [0.25, 0.3) is 0 Å². The minimum atomic E-state index is -0.180. The third-order valence-electron chi connectivity index (χ3n) is 2.75. The molecule has 0 aromatic heterocycles. The van der Waals surface area contributed by atoms with Crippen molar-refractivity contribution in [3.8, 4) is 5.75 Å². The van der Waals surface area contributed by atoms with Crippen LogP contribution in [-0.4, -0.2) is 22.8 Å². The van der Waals surface area contributed by atoms with Crippen molar-refractivity contribution < 1.29 is 9.90 Å². The molecule has 7 nitrogen and oxygen atoms in total. The second-order valence-electron chi connectivity index (χ2n) is 4.43. The molecule has 0 radical (unpaired) electrons. The van der Waals surface area contributed by atoms with Crippen LogP contribution >= 0.6 is 0 Å². The number of nitrogens with zero attached hydrogens (tertiary/aromatic N) is 2. The van der Waals surface area contributed by atoms with Crippen molar-refractivity contribution in [2.45, 2.75) is 0 Å². The third kappa shape index (κ3) is 3.83. The fourth-order valence-electron chi connectivity index (χ4n) is 1.76. The van der Waals surface area contributed by atoms with E-state index < -0.39 is 0 Å². The highest BCUT2D eigenvalue weighted by Crippen LogP contribution is 2.17. The molecule has 7 heteroatoms. The number of aromatic hydroxyl groups is 1. The van der Waals surface area contributed by atoms with Crippen LogP contribution in [0.2, 0.25) is 0 Å². The lowest BCUT2D eigenvalue weighted by atomic mass is 10.0. The summed E-state index contributed by atoms with van der Waals surface area (Å²) in [5.74, 6) is -0.304. The fraction of sp³-hybridized carbons (Fsp3) is 0. The van der Waals surface area contributed by atoms with E-state index >= 15 is 0 Å². The van der Waals surface area contributed by atoms with Gasteiger partial charge in [0.2, 0.25) is 5.96 Å². The van der Waals surface area contributed by atoms with Crippen LogP contribution in [0.5, 0.6) is 5.75 Å². The molecule has 0 atom stereocenters. The topological polar surface area (TPSA) is 140 Å². The summed E-state index contributed by atoms with van der Waals surface area (Å²) in [5.41, 5.74) is 17.4. The van der Waals surface area contributed by atoms with Gasteiger partial charge in [-0.1, -0.05) is 0 Å². The van der Waals surface area contributed by atoms with E-state index in [9.17, 15) is 9.90 Å². The summed E-state index contributed by atoms with van der Waals surface area (Å²) < 4.78 is 0. The molecule has 2 aromatic carbocycles. The number of rotatable bonds is 3. The molecule has 112 valence electrons. The van der Waals surface area contributed by atoms with Crippen molar-refractivity contribution in [3.63, 3.8) is 0 Å². The van der Waals surface area contributed by atoms with Gasteiger partial charge >= 0.3 is 0 Å². The van der Waals surface area contributed by atoms with Crippen LogP contribution < -0.4 is 17.2 Å². The minimum Gasteiger partial charge on any atom is -0.508 e. The van der Waals surface area contributed by atoms with Crippen LogP contribution in [0.4, 0.5) is 5.69 Å². The van der Waals surface area contributed by atoms with Crippen LogP contribution in [0.15, 0.2) is 58.5 Å². The summed E-state index contributed by atoms with van der Waals surface area (Å²) in [4.78, 5) is 19.8. The highest BCUT2D eigenvalue weighted by Gasteiger charge is 2.08. The Morgan fingerprint density at radius 2 is 1.36 bits per heavy atom. The van der Waals surface area contributed by atoms with Crippen molar-refractivity contribution in [2.75, 3.05) is 0 Å². The Hall–Kier alpha value is -3.35. The fourth-order valence-corrected chi connectivity index (χ4v) is 1.76. The largest absolute Gasteiger partial charge is 0.508 e. The smallest absolute Gasteiger partial charge is 0.223 e. The number of benzene rings is 2. The van der Waals surface area contributed by atoms with E-state index in [1.807, 2.05) is 0 Å². The predicted octanol–water partition coefficient (Wildman–Crippen LogP) is 0.843. The molecule has 2 rings (SSSR count). The van der Waals surface area contributed by atoms with Gasteiger partial charge in [0, 0.05) is 11.1 Å². The zero-order valence-electron chi connectivity index (χ0n) is 11.6. The highest BCUT2D eigenvalue weighted by atomic mass is 16.3. The standard InChI is InChI=1S/C15H15N5O2/c16-14(17)20-15(18)19-11-5-1-9(2-6-11)13(22)10-3-7-12(21)8-4-10/h1-8,21H,(H6,16,17,18,19,20). The number of phenolic OH excluding ortho intramolecular Hbond substituents is 1. The molecule has 0 heterocycles. The number of aliphatic imine (C=N–C) groups is 2. The van der Waals surface area contributed by atoms with Gasteiger partial charge in [-0.3, -0.25) is 4.79 Å². The second-order valence-corrected chi connectivity index (χ2v) is 4.43. The summed E-state index contributed by atoms with van der Waals surface area (Å²) >= 11 is 0. The molecule has 0 aliphatic rings. The Kier molecular flexibility index (Phi) is 4.38. The van der Waals surface area contributed by atoms with Crippen LogP contribution in [0.25, 0.3) is 0 Å². The Bertz CT molecular complexity index is 730. The van der Waals surface area contributed by atoms with Crippen molar-refractivity contribution in [1.29, 1.82) is 0 Å². The SMILES string of the molecule is NC(N)=NC(N)=Nc1ccc(C(=O)c2ccc(O)cc2)cc1. The lowest BCUT2D eigenvalue weighted by molar-refractivity contribution is 0.103. The number of carbonyl (C=O) groups excluding carboxylic acids is 1. The molecule has 0 fully saturated rings. The zero-order valence-corrected chi connectivity index (χ0v) is 11.6. The third-order valence-corrected chi connectivity index (χ3v) is 2.75. The number of carbonyl (C=O) groups is 1. The molecule has 0 saturated heterocycles. The van der Waals surface area contributed by atoms with Gasteiger partial charge in [0.1, 0.15) is 5.75 Å². The van der Waals surface area contributed by atoms with E-state index in [2.05, 4.69) is 9.98 Å². The first-order valence-corrected chi connectivity index (χ1v) is 6.33. The summed E-state index contributed by atoms with van der Waals surface area (Å²) in [7, 11) is 0. The monoisotopic (exact) mass is 297 g/mol. The molecule has 0 aliphatic heterocycles. The summed E-state index contributed by atoms with van der Waals surface area (Å²) in [5, 5.41) is 9.23. The molecule has 0 bridgehead atoms. The number of nitrogens with two attached hydrogens (primary N) is 3. The van der Waals surface area contributed by atoms with E-state index in [1.54, 1.807) is 36.4 Å². The number of hydrogen-bond donors (Lipinski definition) is 4. The van der Waals surface area contributed by atoms with Crippen LogP contribution in [0.1, 0.15) is 15.9 Å². The maximum atomic E-state index is 12.2. The Morgan fingerprint density at radius 1 is 0.864 bits per heavy atom. The molecule has 22 heavy (non-hydrogen) atoms. The van der Waals surface area contributed by atoms with E-state index in [-0.39, 0.29) is 23.5 Å². The van der Waals surface area contributed by atoms with Crippen LogP contribution in [0.3, 0.4) is 0 Å². The second kappa shape index (κ2) is 6.40. The average Bonchev–Trinajstić information content (AvgIpc) is 2.47. The summed E-state index contributed by atoms with van der Waals surface area (Å²) in [6, 6.07) is 12.5. The molecule has 0 unspecified atom stereocenters. The Labute approximate surface area is 126 Å². The van der Waals surface area contributed by atoms with E-state index in [1.165, 1.54) is 12.1 Å². The minimum absolute atomic E-state index is 0.0717. The zero-order chi connectivity index (χ0) is 16.1. The van der Waals surface area contributed by atoms with Gasteiger partial charge in [-0.05, 0) is 48.5 Å². The highest BCUT2D eigenvalue weighted by molar-refractivity contribution is 6.09. The van der Waals surface area contributed by atoms with Crippen LogP contribution in [-0.2, 0) is 0 Å². The van der Waals surface area contributed by atoms with E-state index in [0.717, 1.165) is 0 Å². The Balaban J connectivity index is 2.20. The maximum Gasteiger partial charge on any atom is 0.223 e. The van der Waals surface area contributed by atoms with Gasteiger partial charge in [-0.2, -0.15) is 4.99 Å². The van der Waals surface area contributed by atoms with E-state index in [4.69, 9.17) is 17.2 Å². The van der Waals surface area contributed by atoms with Gasteiger partial charge in [0.15, 0.2) is 11.7 Å². The summed E-state index contributed by atoms with van der Waals surface area (Å²) in [6.45, 7) is 0. The quantitative estimate of drug-likeness (QED) is 0.377. The molecule has 0 aliphatic carbocycles. The van der Waals surface area contributed by atoms with Gasteiger partial charge < -0.3 is 22.3 Å². The molecular formula is C15H15N5O2. The average molecular weight is 297 g/mol. The lowest BCUT2D eigenvalue weighted by Gasteiger charge is -2.02. The predicted molar refractivity (Wildman–Crippen MR) is 85.1 cm³/mol. The number of hydrogen-bond acceptors (Lipinski definition) is 3. The first kappa shape index (κ1) is 15.0. The summed E-state index contributed by atoms with van der Waals surface area (Å²) in [6.07, 6.45) is 0. The van der Waals surface area contributed by atoms with Gasteiger partial charge in [0.05, 0.1) is 5.69 Å². The van der Waals surface area contributed by atoms with Crippen molar-refractivity contribution in [1.82, 2.24) is 0 Å². The number of ketones is 1. The Morgan fingerprint density at radius 3 is 1.86 bits per heavy atom. The first-order chi connectivity index (χ1) is 10.5. The van der Waals surface area contributed by atoms with Gasteiger partial charge in [-0.25, -0.2) is 4.99 Å². The van der Waals surface area contributed by atoms with Crippen molar-refractivity contribution in [2.24, 2.45) is 27.2 Å². The normalized spacial score (nSPS) is 11.0. The van der Waals surface area contributed by atoms with Crippen LogP contribution in [0, 0.1) is 0 Å². The molecule has 0 spiro atoms. The number of guanidine groups is 2. The molecule has 7 N–H and O–H groups in total. The van der Waals surface area contributed by atoms with Gasteiger partial charge in [-0.15, -0.1) is 0 Å².